The summed E-state index contributed by atoms with van der Waals surface area (Å²) >= 11 is 0. The SMILES string of the molecule is CC1(C)c2ccccc2-c2ccc(N(c3ccc(-c4ccccc4)cc3)c3ccc(-c4cccc5ccccc45)c4c3oc3c5ccccc5c5ccccc5c34)cc21. The molecular weight excluding hydrogens is 715 g/mol. The Morgan fingerprint density at radius 1 is 0.373 bits per heavy atom. The van der Waals surface area contributed by atoms with E-state index in [1.807, 2.05) is 0 Å². The summed E-state index contributed by atoms with van der Waals surface area (Å²) in [6.07, 6.45) is 0. The summed E-state index contributed by atoms with van der Waals surface area (Å²) in [5.74, 6) is 0. The second-order valence-electron chi connectivity index (χ2n) is 16.4. The molecule has 0 N–H and O–H groups in total. The summed E-state index contributed by atoms with van der Waals surface area (Å²) in [6.45, 7) is 4.71. The fraction of sp³-hybridized carbons (Fsp3) is 0.0526. The van der Waals surface area contributed by atoms with Gasteiger partial charge in [-0.2, -0.15) is 0 Å². The lowest BCUT2D eigenvalue weighted by Gasteiger charge is -2.28. The van der Waals surface area contributed by atoms with Crippen molar-refractivity contribution in [2.75, 3.05) is 4.90 Å². The molecule has 10 aromatic carbocycles. The monoisotopic (exact) mass is 753 g/mol. The minimum absolute atomic E-state index is 0.157. The molecule has 0 saturated carbocycles. The van der Waals surface area contributed by atoms with Gasteiger partial charge in [-0.1, -0.05) is 184 Å². The van der Waals surface area contributed by atoms with Crippen molar-refractivity contribution < 1.29 is 4.42 Å². The van der Waals surface area contributed by atoms with Crippen LogP contribution in [0.1, 0.15) is 25.0 Å². The van der Waals surface area contributed by atoms with Crippen LogP contribution in [0.5, 0.6) is 0 Å². The highest BCUT2D eigenvalue weighted by Gasteiger charge is 2.36. The van der Waals surface area contributed by atoms with E-state index in [4.69, 9.17) is 4.42 Å². The van der Waals surface area contributed by atoms with Gasteiger partial charge in [0.25, 0.3) is 0 Å². The van der Waals surface area contributed by atoms with Gasteiger partial charge in [0.05, 0.1) is 5.69 Å². The van der Waals surface area contributed by atoms with Crippen LogP contribution in [-0.4, -0.2) is 0 Å². The molecule has 0 unspecified atom stereocenters. The maximum atomic E-state index is 7.44. The second kappa shape index (κ2) is 12.8. The smallest absolute Gasteiger partial charge is 0.160 e. The highest BCUT2D eigenvalue weighted by atomic mass is 16.3. The lowest BCUT2D eigenvalue weighted by molar-refractivity contribution is 0.660. The number of benzene rings is 10. The Labute approximate surface area is 343 Å². The highest BCUT2D eigenvalue weighted by Crippen LogP contribution is 2.53. The summed E-state index contributed by atoms with van der Waals surface area (Å²) in [7, 11) is 0. The highest BCUT2D eigenvalue weighted by molar-refractivity contribution is 6.33. The van der Waals surface area contributed by atoms with Crippen LogP contribution in [0, 0.1) is 0 Å². The van der Waals surface area contributed by atoms with Crippen molar-refractivity contribution in [2.24, 2.45) is 0 Å². The van der Waals surface area contributed by atoms with Crippen molar-refractivity contribution in [3.63, 3.8) is 0 Å². The number of hydrogen-bond acceptors (Lipinski definition) is 2. The van der Waals surface area contributed by atoms with Gasteiger partial charge in [0.2, 0.25) is 0 Å². The third-order valence-corrected chi connectivity index (χ3v) is 12.9. The molecule has 1 aliphatic carbocycles. The minimum atomic E-state index is -0.157. The van der Waals surface area contributed by atoms with E-state index in [1.165, 1.54) is 65.9 Å². The Morgan fingerprint density at radius 2 is 0.949 bits per heavy atom. The Hall–Kier alpha value is -7.42. The summed E-state index contributed by atoms with van der Waals surface area (Å²) in [5.41, 5.74) is 14.8. The average molecular weight is 754 g/mol. The fourth-order valence-electron chi connectivity index (χ4n) is 10.0. The van der Waals surface area contributed by atoms with Crippen LogP contribution in [-0.2, 0) is 5.41 Å². The molecule has 0 saturated heterocycles. The van der Waals surface area contributed by atoms with E-state index >= 15 is 0 Å². The van der Waals surface area contributed by atoms with Crippen molar-refractivity contribution in [3.8, 4) is 33.4 Å². The first-order valence-corrected chi connectivity index (χ1v) is 20.5. The molecule has 0 bridgehead atoms. The zero-order valence-electron chi connectivity index (χ0n) is 32.9. The third-order valence-electron chi connectivity index (χ3n) is 12.9. The van der Waals surface area contributed by atoms with Crippen molar-refractivity contribution in [1.29, 1.82) is 0 Å². The van der Waals surface area contributed by atoms with Crippen LogP contribution >= 0.6 is 0 Å². The van der Waals surface area contributed by atoms with E-state index in [-0.39, 0.29) is 5.41 Å². The Morgan fingerprint density at radius 3 is 1.76 bits per heavy atom. The normalized spacial score (nSPS) is 13.1. The van der Waals surface area contributed by atoms with Crippen molar-refractivity contribution in [3.05, 3.63) is 211 Å². The van der Waals surface area contributed by atoms with E-state index in [9.17, 15) is 0 Å². The Kier molecular flexibility index (Phi) is 7.31. The molecule has 278 valence electrons. The second-order valence-corrected chi connectivity index (χ2v) is 16.4. The Bertz CT molecular complexity index is 3460. The summed E-state index contributed by atoms with van der Waals surface area (Å²) < 4.78 is 7.44. The predicted molar refractivity (Wildman–Crippen MR) is 249 cm³/mol. The molecule has 2 heteroatoms. The lowest BCUT2D eigenvalue weighted by Crippen LogP contribution is -2.16. The van der Waals surface area contributed by atoms with Gasteiger partial charge >= 0.3 is 0 Å². The number of hydrogen-bond donors (Lipinski definition) is 0. The van der Waals surface area contributed by atoms with Crippen molar-refractivity contribution >= 4 is 71.3 Å². The van der Waals surface area contributed by atoms with Gasteiger partial charge in [0.1, 0.15) is 5.58 Å². The molecule has 2 nitrogen and oxygen atoms in total. The predicted octanol–water partition coefficient (Wildman–Crippen LogP) is 16.2. The van der Waals surface area contributed by atoms with Crippen LogP contribution in [0.3, 0.4) is 0 Å². The molecule has 0 radical (unpaired) electrons. The van der Waals surface area contributed by atoms with Crippen molar-refractivity contribution in [2.45, 2.75) is 19.3 Å². The van der Waals surface area contributed by atoms with Gasteiger partial charge in [-0.05, 0) is 102 Å². The molecule has 0 fully saturated rings. The molecule has 0 amide bonds. The molecule has 11 aromatic rings. The van der Waals surface area contributed by atoms with Crippen LogP contribution in [0.15, 0.2) is 205 Å². The molecule has 0 aliphatic heterocycles. The van der Waals surface area contributed by atoms with Crippen LogP contribution in [0.25, 0.3) is 87.6 Å². The van der Waals surface area contributed by atoms with Crippen LogP contribution in [0.4, 0.5) is 17.1 Å². The summed E-state index contributed by atoms with van der Waals surface area (Å²) in [5, 5.41) is 9.42. The van der Waals surface area contributed by atoms with Gasteiger partial charge in [0, 0.05) is 32.9 Å². The molecular formula is C57H39NO. The molecule has 59 heavy (non-hydrogen) atoms. The van der Waals surface area contributed by atoms with E-state index in [0.717, 1.165) is 50.0 Å². The zero-order valence-corrected chi connectivity index (χ0v) is 32.9. The van der Waals surface area contributed by atoms with E-state index in [2.05, 4.69) is 219 Å². The number of anilines is 3. The zero-order chi connectivity index (χ0) is 39.2. The maximum Gasteiger partial charge on any atom is 0.160 e. The van der Waals surface area contributed by atoms with E-state index in [1.54, 1.807) is 0 Å². The quantitative estimate of drug-likeness (QED) is 0.163. The van der Waals surface area contributed by atoms with Crippen LogP contribution < -0.4 is 4.90 Å². The van der Waals surface area contributed by atoms with Gasteiger partial charge in [-0.15, -0.1) is 0 Å². The molecule has 0 atom stereocenters. The lowest BCUT2D eigenvalue weighted by atomic mass is 9.82. The number of fused-ring (bicyclic) bond motifs is 12. The minimum Gasteiger partial charge on any atom is -0.453 e. The van der Waals surface area contributed by atoms with Gasteiger partial charge in [-0.3, -0.25) is 0 Å². The fourth-order valence-corrected chi connectivity index (χ4v) is 10.0. The third kappa shape index (κ3) is 5.00. The first-order chi connectivity index (χ1) is 29.0. The average Bonchev–Trinajstić information content (AvgIpc) is 3.81. The Balaban J connectivity index is 1.19. The molecule has 1 aliphatic rings. The van der Waals surface area contributed by atoms with Gasteiger partial charge in [0.15, 0.2) is 5.58 Å². The number of rotatable bonds is 5. The largest absolute Gasteiger partial charge is 0.453 e. The topological polar surface area (TPSA) is 16.4 Å². The van der Waals surface area contributed by atoms with E-state index < -0.39 is 0 Å². The molecule has 12 rings (SSSR count). The van der Waals surface area contributed by atoms with Gasteiger partial charge < -0.3 is 9.32 Å². The molecule has 0 spiro atoms. The maximum absolute atomic E-state index is 7.44. The molecule has 1 heterocycles. The summed E-state index contributed by atoms with van der Waals surface area (Å²) in [4.78, 5) is 2.41. The van der Waals surface area contributed by atoms with Crippen molar-refractivity contribution in [1.82, 2.24) is 0 Å². The number of furan rings is 1. The first-order valence-electron chi connectivity index (χ1n) is 20.5. The number of nitrogens with zero attached hydrogens (tertiary/aromatic N) is 1. The first kappa shape index (κ1) is 33.7. The van der Waals surface area contributed by atoms with E-state index in [0.29, 0.717) is 0 Å². The summed E-state index contributed by atoms with van der Waals surface area (Å²) in [6, 6.07) is 73.0. The van der Waals surface area contributed by atoms with Gasteiger partial charge in [-0.25, -0.2) is 0 Å². The standard InChI is InChI=1S/C57H39NO/c1-57(2)50-26-13-12-22-45(50)46-32-31-40(35-51(46)57)58(39-29-27-37(28-30-39)36-15-4-3-5-16-36)52-34-33-48(42-25-14-18-38-17-6-7-19-41(38)42)54-53-47-23-10-8-20-43(47)44-21-9-11-24-49(44)55(53)59-56(52)54/h3-35H,1-2H3. The molecule has 1 aromatic heterocycles. The van der Waals surface area contributed by atoms with Crippen LogP contribution in [0.2, 0.25) is 0 Å².